The van der Waals surface area contributed by atoms with Crippen LogP contribution in [-0.4, -0.2) is 29.7 Å². The lowest BCUT2D eigenvalue weighted by Crippen LogP contribution is -2.19. The smallest absolute Gasteiger partial charge is 0.343 e. The maximum atomic E-state index is 13.3. The van der Waals surface area contributed by atoms with Gasteiger partial charge in [-0.05, 0) is 61.9 Å². The van der Waals surface area contributed by atoms with Gasteiger partial charge in [0.25, 0.3) is 5.91 Å². The van der Waals surface area contributed by atoms with Crippen molar-refractivity contribution in [2.45, 2.75) is 13.8 Å². The van der Waals surface area contributed by atoms with E-state index in [1.54, 1.807) is 36.4 Å². The molecule has 0 aliphatic heterocycles. The number of fused-ring (bicyclic) bond motifs is 1. The lowest BCUT2D eigenvalue weighted by atomic mass is 10.0. The molecule has 0 aliphatic carbocycles. The quantitative estimate of drug-likeness (QED) is 0.106. The molecule has 194 valence electrons. The minimum absolute atomic E-state index is 0.333. The van der Waals surface area contributed by atoms with Crippen LogP contribution >= 0.6 is 0 Å². The number of H-pyrrole nitrogens is 1. The van der Waals surface area contributed by atoms with Crippen LogP contribution in [0, 0.1) is 6.92 Å². The van der Waals surface area contributed by atoms with Gasteiger partial charge in [-0.2, -0.15) is 5.10 Å². The molecule has 2 N–H and O–H groups in total. The summed E-state index contributed by atoms with van der Waals surface area (Å²) in [5, 5.41) is 5.03. The zero-order valence-corrected chi connectivity index (χ0v) is 21.6. The van der Waals surface area contributed by atoms with E-state index in [0.29, 0.717) is 29.2 Å². The summed E-state index contributed by atoms with van der Waals surface area (Å²) in [4.78, 5) is 29.2. The van der Waals surface area contributed by atoms with E-state index >= 15 is 0 Å². The molecule has 39 heavy (non-hydrogen) atoms. The Morgan fingerprint density at radius 2 is 1.67 bits per heavy atom. The Morgan fingerprint density at radius 1 is 0.923 bits per heavy atom. The highest BCUT2D eigenvalue weighted by molar-refractivity contribution is 6.10. The van der Waals surface area contributed by atoms with Gasteiger partial charge in [0.1, 0.15) is 17.2 Å². The maximum Gasteiger partial charge on any atom is 0.343 e. The largest absolute Gasteiger partial charge is 0.494 e. The number of benzene rings is 4. The molecule has 0 radical (unpaired) electrons. The Bertz CT molecular complexity index is 1650. The van der Waals surface area contributed by atoms with Crippen LogP contribution < -0.4 is 14.9 Å². The average Bonchev–Trinajstić information content (AvgIpc) is 3.34. The van der Waals surface area contributed by atoms with Gasteiger partial charge in [-0.1, -0.05) is 60.2 Å². The number of aryl methyl sites for hydroxylation is 1. The predicted molar refractivity (Wildman–Crippen MR) is 153 cm³/mol. The zero-order chi connectivity index (χ0) is 27.2. The molecular formula is C32H27N3O4. The van der Waals surface area contributed by atoms with Gasteiger partial charge in [0.2, 0.25) is 0 Å². The average molecular weight is 518 g/mol. The van der Waals surface area contributed by atoms with Crippen LogP contribution in [0.4, 0.5) is 0 Å². The highest BCUT2D eigenvalue weighted by Crippen LogP contribution is 2.34. The summed E-state index contributed by atoms with van der Waals surface area (Å²) >= 11 is 0. The molecular weight excluding hydrogens is 490 g/mol. The number of nitrogens with one attached hydrogen (secondary N) is 2. The highest BCUT2D eigenvalue weighted by Gasteiger charge is 2.20. The van der Waals surface area contributed by atoms with E-state index < -0.39 is 11.9 Å². The number of aromatic nitrogens is 1. The zero-order valence-electron chi connectivity index (χ0n) is 21.6. The normalized spacial score (nSPS) is 11.0. The van der Waals surface area contributed by atoms with Crippen molar-refractivity contribution in [3.63, 3.8) is 0 Å². The fourth-order valence-electron chi connectivity index (χ4n) is 4.25. The number of hydrogen-bond donors (Lipinski definition) is 2. The van der Waals surface area contributed by atoms with Crippen molar-refractivity contribution in [3.8, 4) is 22.6 Å². The van der Waals surface area contributed by atoms with Crippen molar-refractivity contribution in [1.29, 1.82) is 0 Å². The fourth-order valence-corrected chi connectivity index (χ4v) is 4.25. The van der Waals surface area contributed by atoms with Crippen LogP contribution in [0.2, 0.25) is 0 Å². The molecule has 5 rings (SSSR count). The van der Waals surface area contributed by atoms with Crippen molar-refractivity contribution in [1.82, 2.24) is 10.4 Å². The second-order valence-electron chi connectivity index (χ2n) is 8.87. The molecule has 0 saturated heterocycles. The maximum absolute atomic E-state index is 13.3. The molecule has 0 saturated carbocycles. The summed E-state index contributed by atoms with van der Waals surface area (Å²) in [6.45, 7) is 4.42. The second-order valence-corrected chi connectivity index (χ2v) is 8.87. The third-order valence-electron chi connectivity index (χ3n) is 6.15. The molecule has 7 nitrogen and oxygen atoms in total. The first-order chi connectivity index (χ1) is 19.0. The predicted octanol–water partition coefficient (Wildman–Crippen LogP) is 6.53. The standard InChI is InChI=1S/C32H27N3O4/c1-3-38-25-17-18-27-26(19-25)29(22-9-5-4-6-10-22)30(34-27)31(36)35-33-20-24-11-7-8-12-28(24)39-32(37)23-15-13-21(2)14-16-23/h4-20,34H,3H2,1-2H3,(H,35,36). The number of hydrogen-bond acceptors (Lipinski definition) is 5. The number of aromatic amines is 1. The molecule has 1 aromatic heterocycles. The second kappa shape index (κ2) is 11.5. The number of carbonyl (C=O) groups is 2. The Morgan fingerprint density at radius 3 is 2.44 bits per heavy atom. The summed E-state index contributed by atoms with van der Waals surface area (Å²) in [6, 6.07) is 29.5. The number of esters is 1. The Hall–Kier alpha value is -5.17. The van der Waals surface area contributed by atoms with E-state index in [9.17, 15) is 9.59 Å². The number of amides is 1. The van der Waals surface area contributed by atoms with Crippen molar-refractivity contribution in [2.24, 2.45) is 5.10 Å². The lowest BCUT2D eigenvalue weighted by Gasteiger charge is -2.08. The van der Waals surface area contributed by atoms with Crippen molar-refractivity contribution in [2.75, 3.05) is 6.61 Å². The first-order valence-corrected chi connectivity index (χ1v) is 12.6. The van der Waals surface area contributed by atoms with Crippen LogP contribution in [-0.2, 0) is 0 Å². The van der Waals surface area contributed by atoms with Crippen LogP contribution in [0.3, 0.4) is 0 Å². The Kier molecular flexibility index (Phi) is 7.50. The fraction of sp³-hybridized carbons (Fsp3) is 0.0938. The summed E-state index contributed by atoms with van der Waals surface area (Å²) in [6.07, 6.45) is 1.45. The SMILES string of the molecule is CCOc1ccc2[nH]c(C(=O)NN=Cc3ccccc3OC(=O)c3ccc(C)cc3)c(-c3ccccc3)c2c1. The molecule has 7 heteroatoms. The van der Waals surface area contributed by atoms with E-state index in [1.165, 1.54) is 6.21 Å². The molecule has 4 aromatic carbocycles. The van der Waals surface area contributed by atoms with Crippen LogP contribution in [0.25, 0.3) is 22.0 Å². The number of carbonyl (C=O) groups excluding carboxylic acids is 2. The molecule has 0 fully saturated rings. The summed E-state index contributed by atoms with van der Waals surface area (Å²) < 4.78 is 11.3. The number of hydrazone groups is 1. The van der Waals surface area contributed by atoms with E-state index in [2.05, 4.69) is 15.5 Å². The van der Waals surface area contributed by atoms with Crippen molar-refractivity contribution >= 4 is 29.0 Å². The molecule has 0 atom stereocenters. The summed E-state index contributed by atoms with van der Waals surface area (Å²) in [7, 11) is 0. The molecule has 0 unspecified atom stereocenters. The molecule has 0 aliphatic rings. The van der Waals surface area contributed by atoms with Gasteiger partial charge in [-0.25, -0.2) is 10.2 Å². The molecule has 0 spiro atoms. The van der Waals surface area contributed by atoms with E-state index in [4.69, 9.17) is 9.47 Å². The van der Waals surface area contributed by atoms with Gasteiger partial charge in [-0.15, -0.1) is 0 Å². The first-order valence-electron chi connectivity index (χ1n) is 12.6. The van der Waals surface area contributed by atoms with E-state index in [1.807, 2.05) is 74.5 Å². The van der Waals surface area contributed by atoms with Crippen LogP contribution in [0.1, 0.15) is 38.9 Å². The van der Waals surface area contributed by atoms with Gasteiger partial charge in [0.05, 0.1) is 18.4 Å². The van der Waals surface area contributed by atoms with Gasteiger partial charge in [0, 0.05) is 22.0 Å². The summed E-state index contributed by atoms with van der Waals surface area (Å²) in [5.41, 5.74) is 7.47. The molecule has 1 heterocycles. The van der Waals surface area contributed by atoms with Crippen molar-refractivity contribution < 1.29 is 19.1 Å². The third-order valence-corrected chi connectivity index (χ3v) is 6.15. The molecule has 0 bridgehead atoms. The molecule has 5 aromatic rings. The van der Waals surface area contributed by atoms with Gasteiger partial charge in [0.15, 0.2) is 0 Å². The monoisotopic (exact) mass is 517 g/mol. The Balaban J connectivity index is 1.39. The minimum atomic E-state index is -0.475. The van der Waals surface area contributed by atoms with E-state index in [0.717, 1.165) is 33.3 Å². The topological polar surface area (TPSA) is 92.8 Å². The van der Waals surface area contributed by atoms with E-state index in [-0.39, 0.29) is 0 Å². The van der Waals surface area contributed by atoms with Crippen molar-refractivity contribution in [3.05, 3.63) is 119 Å². The lowest BCUT2D eigenvalue weighted by molar-refractivity contribution is 0.0734. The van der Waals surface area contributed by atoms with Crippen LogP contribution in [0.15, 0.2) is 102 Å². The number of ether oxygens (including phenoxy) is 2. The third kappa shape index (κ3) is 5.72. The van der Waals surface area contributed by atoms with Gasteiger partial charge >= 0.3 is 5.97 Å². The molecule has 1 amide bonds. The van der Waals surface area contributed by atoms with Crippen LogP contribution in [0.5, 0.6) is 11.5 Å². The first kappa shape index (κ1) is 25.5. The number of rotatable bonds is 8. The Labute approximate surface area is 226 Å². The minimum Gasteiger partial charge on any atom is -0.494 e. The number of para-hydroxylation sites is 1. The van der Waals surface area contributed by atoms with Gasteiger partial charge in [-0.3, -0.25) is 4.79 Å². The number of nitrogens with zero attached hydrogens (tertiary/aromatic N) is 1. The van der Waals surface area contributed by atoms with Gasteiger partial charge < -0.3 is 14.5 Å². The highest BCUT2D eigenvalue weighted by atomic mass is 16.5. The summed E-state index contributed by atoms with van der Waals surface area (Å²) in [5.74, 6) is 0.174.